The standard InChI is InChI=1S/C24H33N5O/c1-24-12-16-7-8-21(19(14-24)17(11-16)13-24)27-22(30)20-15-26-29(18-5-2-3-6-18)23(20)28-10-4-9-25-28/h4,9-10,15-19,21H,2-3,5-8,11-14H2,1H3,(H,27,30)/t16?,17?,19?,21-,24-/m0/s1. The molecule has 0 aliphatic heterocycles. The van der Waals surface area contributed by atoms with Crippen molar-refractivity contribution >= 4 is 5.91 Å². The molecule has 4 aliphatic carbocycles. The number of hydrogen-bond donors (Lipinski definition) is 1. The molecule has 0 saturated heterocycles. The first kappa shape index (κ1) is 18.6. The van der Waals surface area contributed by atoms with Gasteiger partial charge in [-0.25, -0.2) is 9.36 Å². The van der Waals surface area contributed by atoms with Crippen molar-refractivity contribution in [2.24, 2.45) is 23.2 Å². The molecule has 3 unspecified atom stereocenters. The van der Waals surface area contributed by atoms with Crippen molar-refractivity contribution in [3.8, 4) is 5.82 Å². The topological polar surface area (TPSA) is 64.7 Å². The average molecular weight is 408 g/mol. The summed E-state index contributed by atoms with van der Waals surface area (Å²) in [5.74, 6) is 3.17. The van der Waals surface area contributed by atoms with E-state index in [0.29, 0.717) is 29.0 Å². The maximum absolute atomic E-state index is 13.5. The lowest BCUT2D eigenvalue weighted by Gasteiger charge is -2.35. The minimum Gasteiger partial charge on any atom is -0.349 e. The highest BCUT2D eigenvalue weighted by Gasteiger charge is 2.52. The molecule has 30 heavy (non-hydrogen) atoms. The number of carbonyl (C=O) groups excluding carboxylic acids is 1. The van der Waals surface area contributed by atoms with Gasteiger partial charge in [0, 0.05) is 18.4 Å². The second-order valence-corrected chi connectivity index (χ2v) is 10.8. The third kappa shape index (κ3) is 3.02. The van der Waals surface area contributed by atoms with Gasteiger partial charge in [0.1, 0.15) is 5.56 Å². The van der Waals surface area contributed by atoms with Crippen LogP contribution in [-0.2, 0) is 0 Å². The van der Waals surface area contributed by atoms with Gasteiger partial charge in [0.2, 0.25) is 0 Å². The van der Waals surface area contributed by atoms with E-state index < -0.39 is 0 Å². The molecule has 0 radical (unpaired) electrons. The molecule has 160 valence electrons. The Balaban J connectivity index is 1.29. The fourth-order valence-corrected chi connectivity index (χ4v) is 7.54. The van der Waals surface area contributed by atoms with Crippen LogP contribution in [0.4, 0.5) is 0 Å². The van der Waals surface area contributed by atoms with Crippen molar-refractivity contribution in [2.45, 2.75) is 83.2 Å². The largest absolute Gasteiger partial charge is 0.349 e. The van der Waals surface area contributed by atoms with Gasteiger partial charge in [-0.2, -0.15) is 10.2 Å². The molecule has 3 bridgehead atoms. The second kappa shape index (κ2) is 6.96. The van der Waals surface area contributed by atoms with Gasteiger partial charge in [0.05, 0.1) is 12.2 Å². The van der Waals surface area contributed by atoms with E-state index in [-0.39, 0.29) is 5.91 Å². The van der Waals surface area contributed by atoms with Gasteiger partial charge in [-0.15, -0.1) is 0 Å². The second-order valence-electron chi connectivity index (χ2n) is 10.8. The summed E-state index contributed by atoms with van der Waals surface area (Å²) in [6.07, 6.45) is 18.0. The molecule has 6 rings (SSSR count). The summed E-state index contributed by atoms with van der Waals surface area (Å²) in [5.41, 5.74) is 1.18. The maximum atomic E-state index is 13.5. The van der Waals surface area contributed by atoms with E-state index in [4.69, 9.17) is 0 Å². The third-order valence-electron chi connectivity index (χ3n) is 8.63. The lowest BCUT2D eigenvalue weighted by atomic mass is 9.71. The molecule has 4 aliphatic rings. The highest BCUT2D eigenvalue weighted by molar-refractivity contribution is 5.97. The van der Waals surface area contributed by atoms with Crippen LogP contribution in [0.5, 0.6) is 0 Å². The zero-order valence-electron chi connectivity index (χ0n) is 18.0. The molecule has 2 heterocycles. The Labute approximate surface area is 178 Å². The molecule has 2 aromatic rings. The molecule has 2 aromatic heterocycles. The highest BCUT2D eigenvalue weighted by atomic mass is 16.1. The van der Waals surface area contributed by atoms with Crippen molar-refractivity contribution in [1.82, 2.24) is 24.9 Å². The van der Waals surface area contributed by atoms with Crippen LogP contribution in [0.15, 0.2) is 24.7 Å². The summed E-state index contributed by atoms with van der Waals surface area (Å²) >= 11 is 0. The van der Waals surface area contributed by atoms with Crippen LogP contribution < -0.4 is 5.32 Å². The number of fused-ring (bicyclic) bond motifs is 2. The first-order valence-corrected chi connectivity index (χ1v) is 12.0. The van der Waals surface area contributed by atoms with Crippen molar-refractivity contribution in [1.29, 1.82) is 0 Å². The van der Waals surface area contributed by atoms with Crippen molar-refractivity contribution in [2.75, 3.05) is 0 Å². The fourth-order valence-electron chi connectivity index (χ4n) is 7.54. The van der Waals surface area contributed by atoms with Gasteiger partial charge >= 0.3 is 0 Å². The van der Waals surface area contributed by atoms with Crippen LogP contribution in [0, 0.1) is 23.2 Å². The first-order valence-electron chi connectivity index (χ1n) is 12.0. The first-order chi connectivity index (χ1) is 14.6. The number of aromatic nitrogens is 4. The Morgan fingerprint density at radius 2 is 2.00 bits per heavy atom. The molecule has 1 N–H and O–H groups in total. The summed E-state index contributed by atoms with van der Waals surface area (Å²) in [4.78, 5) is 13.5. The zero-order chi connectivity index (χ0) is 20.3. The van der Waals surface area contributed by atoms with E-state index in [2.05, 4.69) is 27.1 Å². The fraction of sp³-hybridized carbons (Fsp3) is 0.708. The van der Waals surface area contributed by atoms with E-state index in [1.54, 1.807) is 12.4 Å². The molecular weight excluding hydrogens is 374 g/mol. The predicted molar refractivity (Wildman–Crippen MR) is 114 cm³/mol. The summed E-state index contributed by atoms with van der Waals surface area (Å²) in [7, 11) is 0. The number of rotatable bonds is 4. The van der Waals surface area contributed by atoms with E-state index in [1.807, 2.05) is 16.9 Å². The maximum Gasteiger partial charge on any atom is 0.256 e. The van der Waals surface area contributed by atoms with Gasteiger partial charge in [0.25, 0.3) is 5.91 Å². The smallest absolute Gasteiger partial charge is 0.256 e. The minimum atomic E-state index is 0.0288. The lowest BCUT2D eigenvalue weighted by molar-refractivity contribution is 0.0909. The van der Waals surface area contributed by atoms with E-state index >= 15 is 0 Å². The van der Waals surface area contributed by atoms with Crippen LogP contribution in [-0.4, -0.2) is 31.5 Å². The Morgan fingerprint density at radius 3 is 2.80 bits per heavy atom. The molecule has 6 heteroatoms. The van der Waals surface area contributed by atoms with Crippen molar-refractivity contribution < 1.29 is 4.79 Å². The summed E-state index contributed by atoms with van der Waals surface area (Å²) < 4.78 is 3.87. The van der Waals surface area contributed by atoms with Crippen LogP contribution in [0.1, 0.15) is 87.5 Å². The number of hydrogen-bond acceptors (Lipinski definition) is 3. The highest BCUT2D eigenvalue weighted by Crippen LogP contribution is 2.59. The lowest BCUT2D eigenvalue weighted by Crippen LogP contribution is -2.41. The minimum absolute atomic E-state index is 0.0288. The zero-order valence-corrected chi connectivity index (χ0v) is 18.0. The molecule has 5 atom stereocenters. The predicted octanol–water partition coefficient (Wildman–Crippen LogP) is 4.52. The number of nitrogens with one attached hydrogen (secondary N) is 1. The average Bonchev–Trinajstić information content (AvgIpc) is 3.48. The molecule has 4 fully saturated rings. The Morgan fingerprint density at radius 1 is 1.13 bits per heavy atom. The molecule has 0 spiro atoms. The molecule has 0 aromatic carbocycles. The Kier molecular flexibility index (Phi) is 4.32. The van der Waals surface area contributed by atoms with Gasteiger partial charge in [-0.3, -0.25) is 4.79 Å². The quantitative estimate of drug-likeness (QED) is 0.810. The number of nitrogens with zero attached hydrogens (tertiary/aromatic N) is 4. The summed E-state index contributed by atoms with van der Waals surface area (Å²) in [6, 6.07) is 2.58. The van der Waals surface area contributed by atoms with Gasteiger partial charge < -0.3 is 5.32 Å². The van der Waals surface area contributed by atoms with Gasteiger partial charge in [-0.05, 0) is 80.6 Å². The van der Waals surface area contributed by atoms with Crippen LogP contribution in [0.3, 0.4) is 0 Å². The van der Waals surface area contributed by atoms with E-state index in [1.165, 1.54) is 44.9 Å². The molecular formula is C24H33N5O. The molecule has 1 amide bonds. The van der Waals surface area contributed by atoms with Crippen molar-refractivity contribution in [3.05, 3.63) is 30.2 Å². The monoisotopic (exact) mass is 407 g/mol. The number of carbonyl (C=O) groups is 1. The SMILES string of the molecule is C[C@@]12CC3CC[C@H](NC(=O)c4cnn(C5CCCC5)c4-n4cccn4)C(C1)C(C3)C2. The molecule has 6 nitrogen and oxygen atoms in total. The van der Waals surface area contributed by atoms with Crippen LogP contribution >= 0.6 is 0 Å². The van der Waals surface area contributed by atoms with E-state index in [9.17, 15) is 4.79 Å². The van der Waals surface area contributed by atoms with E-state index in [0.717, 1.165) is 36.9 Å². The van der Waals surface area contributed by atoms with Crippen LogP contribution in [0.2, 0.25) is 0 Å². The Bertz CT molecular complexity index is 928. The number of amides is 1. The van der Waals surface area contributed by atoms with Gasteiger partial charge in [-0.1, -0.05) is 19.8 Å². The van der Waals surface area contributed by atoms with Crippen molar-refractivity contribution in [3.63, 3.8) is 0 Å². The van der Waals surface area contributed by atoms with Gasteiger partial charge in [0.15, 0.2) is 5.82 Å². The van der Waals surface area contributed by atoms with Crippen LogP contribution in [0.25, 0.3) is 5.82 Å². The third-order valence-corrected chi connectivity index (χ3v) is 8.63. The Hall–Kier alpha value is -2.11. The molecule has 4 saturated carbocycles. The summed E-state index contributed by atoms with van der Waals surface area (Å²) in [6.45, 7) is 2.48. The normalized spacial score (nSPS) is 35.6. The summed E-state index contributed by atoms with van der Waals surface area (Å²) in [5, 5.41) is 12.6.